The number of halogens is 2. The van der Waals surface area contributed by atoms with Crippen molar-refractivity contribution in [3.8, 4) is 0 Å². The van der Waals surface area contributed by atoms with Crippen molar-refractivity contribution in [2.24, 2.45) is 11.3 Å². The van der Waals surface area contributed by atoms with Gasteiger partial charge in [-0.3, -0.25) is 4.79 Å². The molecule has 2 unspecified atom stereocenters. The van der Waals surface area contributed by atoms with Crippen molar-refractivity contribution in [3.05, 3.63) is 35.9 Å². The summed E-state index contributed by atoms with van der Waals surface area (Å²) in [7, 11) is 0. The summed E-state index contributed by atoms with van der Waals surface area (Å²) in [6.07, 6.45) is 2.97. The van der Waals surface area contributed by atoms with Gasteiger partial charge in [0.1, 0.15) is 4.33 Å². The quantitative estimate of drug-likeness (QED) is 0.735. The first-order valence-electron chi connectivity index (χ1n) is 7.58. The molecule has 0 N–H and O–H groups in total. The summed E-state index contributed by atoms with van der Waals surface area (Å²) in [4.78, 5) is 15.0. The van der Waals surface area contributed by atoms with Crippen LogP contribution in [0.2, 0.25) is 0 Å². The summed E-state index contributed by atoms with van der Waals surface area (Å²) in [6.45, 7) is 4.66. The van der Waals surface area contributed by atoms with Gasteiger partial charge in [-0.25, -0.2) is 0 Å². The minimum atomic E-state index is -0.901. The van der Waals surface area contributed by atoms with Gasteiger partial charge in [0.15, 0.2) is 0 Å². The van der Waals surface area contributed by atoms with Gasteiger partial charge in [-0.05, 0) is 44.6 Å². The Bertz CT molecular complexity index is 541. The maximum atomic E-state index is 13.0. The molecule has 21 heavy (non-hydrogen) atoms. The Hall–Kier alpha value is -0.730. The fraction of sp³-hybridized carbons (Fsp3) is 0.588. The lowest BCUT2D eigenvalue weighted by molar-refractivity contribution is -0.139. The highest BCUT2D eigenvalue weighted by molar-refractivity contribution is 6.53. The first-order chi connectivity index (χ1) is 9.85. The lowest BCUT2D eigenvalue weighted by atomic mass is 10.0. The van der Waals surface area contributed by atoms with E-state index in [2.05, 4.69) is 19.1 Å². The van der Waals surface area contributed by atoms with Gasteiger partial charge < -0.3 is 4.90 Å². The first-order valence-corrected chi connectivity index (χ1v) is 8.33. The molecule has 3 rings (SSSR count). The van der Waals surface area contributed by atoms with E-state index in [1.165, 1.54) is 12.8 Å². The highest BCUT2D eigenvalue weighted by atomic mass is 35.5. The highest BCUT2D eigenvalue weighted by Gasteiger charge is 2.69. The Kier molecular flexibility index (Phi) is 3.74. The van der Waals surface area contributed by atoms with Crippen LogP contribution in [0.4, 0.5) is 0 Å². The first kappa shape index (κ1) is 15.2. The second-order valence-corrected chi connectivity index (χ2v) is 8.19. The Labute approximate surface area is 136 Å². The number of alkyl halides is 2. The maximum Gasteiger partial charge on any atom is 0.232 e. The number of hydrogen-bond acceptors (Lipinski definition) is 1. The van der Waals surface area contributed by atoms with E-state index >= 15 is 0 Å². The summed E-state index contributed by atoms with van der Waals surface area (Å²) < 4.78 is -0.901. The third-order valence-corrected chi connectivity index (χ3v) is 6.08. The zero-order chi connectivity index (χ0) is 15.3. The van der Waals surface area contributed by atoms with Crippen LogP contribution in [0.5, 0.6) is 0 Å². The van der Waals surface area contributed by atoms with Crippen LogP contribution in [-0.4, -0.2) is 21.2 Å². The molecule has 2 nitrogen and oxygen atoms in total. The van der Waals surface area contributed by atoms with E-state index in [-0.39, 0.29) is 11.9 Å². The monoisotopic (exact) mass is 325 g/mol. The van der Waals surface area contributed by atoms with E-state index in [1.54, 1.807) is 0 Å². The van der Waals surface area contributed by atoms with Gasteiger partial charge in [0.2, 0.25) is 5.91 Å². The zero-order valence-electron chi connectivity index (χ0n) is 12.5. The number of rotatable bonds is 5. The molecule has 2 saturated carbocycles. The molecule has 0 aromatic heterocycles. The Morgan fingerprint density at radius 1 is 1.33 bits per heavy atom. The Morgan fingerprint density at radius 3 is 2.38 bits per heavy atom. The average molecular weight is 326 g/mol. The standard InChI is InChI=1S/C17H21Cl2NO/c1-12(14-8-9-14)20(10-13-6-4-3-5-7-13)15(21)16(2)11-17(16,18)19/h3-7,12,14H,8-11H2,1-2H3. The maximum absolute atomic E-state index is 13.0. The van der Waals surface area contributed by atoms with E-state index in [1.807, 2.05) is 30.0 Å². The van der Waals surface area contributed by atoms with Crippen molar-refractivity contribution in [3.63, 3.8) is 0 Å². The van der Waals surface area contributed by atoms with Gasteiger partial charge in [-0.2, -0.15) is 0 Å². The molecule has 1 aromatic carbocycles. The van der Waals surface area contributed by atoms with Crippen molar-refractivity contribution in [1.29, 1.82) is 0 Å². The van der Waals surface area contributed by atoms with Gasteiger partial charge >= 0.3 is 0 Å². The van der Waals surface area contributed by atoms with Crippen molar-refractivity contribution in [1.82, 2.24) is 4.90 Å². The SMILES string of the molecule is CC(C1CC1)N(Cc1ccccc1)C(=O)C1(C)CC1(Cl)Cl. The molecule has 0 bridgehead atoms. The van der Waals surface area contributed by atoms with Gasteiger partial charge in [-0.1, -0.05) is 30.3 Å². The van der Waals surface area contributed by atoms with Gasteiger partial charge in [0.05, 0.1) is 5.41 Å². The van der Waals surface area contributed by atoms with Crippen molar-refractivity contribution in [2.45, 2.75) is 50.0 Å². The van der Waals surface area contributed by atoms with E-state index < -0.39 is 9.75 Å². The molecular formula is C17H21Cl2NO. The van der Waals surface area contributed by atoms with Crippen molar-refractivity contribution >= 4 is 29.1 Å². The topological polar surface area (TPSA) is 20.3 Å². The fourth-order valence-corrected chi connectivity index (χ4v) is 3.66. The van der Waals surface area contributed by atoms with Crippen LogP contribution in [0.1, 0.15) is 38.7 Å². The normalized spacial score (nSPS) is 28.0. The molecule has 0 spiro atoms. The largest absolute Gasteiger partial charge is 0.335 e. The number of benzene rings is 1. The molecular weight excluding hydrogens is 305 g/mol. The third kappa shape index (κ3) is 2.80. The number of hydrogen-bond donors (Lipinski definition) is 0. The number of nitrogens with zero attached hydrogens (tertiary/aromatic N) is 1. The van der Waals surface area contributed by atoms with Crippen LogP contribution in [0.3, 0.4) is 0 Å². The molecule has 4 heteroatoms. The average Bonchev–Trinajstić information content (AvgIpc) is 3.34. The van der Waals surface area contributed by atoms with E-state index in [9.17, 15) is 4.79 Å². The van der Waals surface area contributed by atoms with Crippen molar-refractivity contribution < 1.29 is 4.79 Å². The van der Waals surface area contributed by atoms with Gasteiger partial charge in [0.25, 0.3) is 0 Å². The molecule has 0 heterocycles. The zero-order valence-corrected chi connectivity index (χ0v) is 14.0. The summed E-state index contributed by atoms with van der Waals surface area (Å²) in [5.74, 6) is 0.718. The highest BCUT2D eigenvalue weighted by Crippen LogP contribution is 2.64. The summed E-state index contributed by atoms with van der Waals surface area (Å²) in [5.41, 5.74) is 0.519. The molecule has 0 saturated heterocycles. The predicted octanol–water partition coefficient (Wildman–Crippen LogP) is 4.40. The van der Waals surface area contributed by atoms with Crippen LogP contribution < -0.4 is 0 Å². The molecule has 0 aliphatic heterocycles. The minimum absolute atomic E-state index is 0.0933. The predicted molar refractivity (Wildman–Crippen MR) is 86.3 cm³/mol. The number of carbonyl (C=O) groups is 1. The molecule has 1 amide bonds. The van der Waals surface area contributed by atoms with Gasteiger partial charge in [-0.15, -0.1) is 23.2 Å². The van der Waals surface area contributed by atoms with Crippen LogP contribution in [0.25, 0.3) is 0 Å². The third-order valence-electron chi connectivity index (χ3n) is 4.98. The second kappa shape index (κ2) is 5.17. The van der Waals surface area contributed by atoms with E-state index in [0.717, 1.165) is 5.56 Å². The fourth-order valence-electron chi connectivity index (χ4n) is 2.96. The smallest absolute Gasteiger partial charge is 0.232 e. The molecule has 2 atom stereocenters. The van der Waals surface area contributed by atoms with E-state index in [0.29, 0.717) is 18.9 Å². The second-order valence-electron chi connectivity index (χ2n) is 6.71. The Morgan fingerprint density at radius 2 is 1.90 bits per heavy atom. The summed E-state index contributed by atoms with van der Waals surface area (Å²) >= 11 is 12.4. The van der Waals surface area contributed by atoms with Crippen LogP contribution in [0.15, 0.2) is 30.3 Å². The minimum Gasteiger partial charge on any atom is -0.335 e. The van der Waals surface area contributed by atoms with Crippen LogP contribution >= 0.6 is 23.2 Å². The molecule has 1 aromatic rings. The molecule has 2 aliphatic carbocycles. The number of carbonyl (C=O) groups excluding carboxylic acids is 1. The molecule has 114 valence electrons. The van der Waals surface area contributed by atoms with Crippen LogP contribution in [0, 0.1) is 11.3 Å². The van der Waals surface area contributed by atoms with Crippen molar-refractivity contribution in [2.75, 3.05) is 0 Å². The van der Waals surface area contributed by atoms with Gasteiger partial charge in [0, 0.05) is 12.6 Å². The van der Waals surface area contributed by atoms with Crippen LogP contribution in [-0.2, 0) is 11.3 Å². The Balaban J connectivity index is 1.81. The summed E-state index contributed by atoms with van der Waals surface area (Å²) in [5, 5.41) is 0. The summed E-state index contributed by atoms with van der Waals surface area (Å²) in [6, 6.07) is 10.4. The number of amides is 1. The molecule has 2 aliphatic rings. The lowest BCUT2D eigenvalue weighted by Gasteiger charge is -2.32. The van der Waals surface area contributed by atoms with E-state index in [4.69, 9.17) is 23.2 Å². The molecule has 2 fully saturated rings. The molecule has 0 radical (unpaired) electrons. The lowest BCUT2D eigenvalue weighted by Crippen LogP contribution is -2.44.